The number of ether oxygens (including phenoxy) is 2. The smallest absolute Gasteiger partial charge is 0.119 e. The molecule has 0 bridgehead atoms. The van der Waals surface area contributed by atoms with Crippen LogP contribution in [0.25, 0.3) is 0 Å². The first kappa shape index (κ1) is 15.8. The molecule has 1 rings (SSSR count). The number of nitrogens with two attached hydrogens (primary N) is 1. The second-order valence-electron chi connectivity index (χ2n) is 5.07. The Hall–Kier alpha value is -1.22. The highest BCUT2D eigenvalue weighted by molar-refractivity contribution is 5.41. The summed E-state index contributed by atoms with van der Waals surface area (Å²) in [7, 11) is 0. The largest absolute Gasteiger partial charge is 0.494 e. The molecule has 0 fully saturated rings. The van der Waals surface area contributed by atoms with Gasteiger partial charge in [-0.15, -0.1) is 0 Å². The lowest BCUT2D eigenvalue weighted by Gasteiger charge is -2.09. The van der Waals surface area contributed by atoms with E-state index in [1.807, 2.05) is 24.3 Å². The van der Waals surface area contributed by atoms with Crippen molar-refractivity contribution in [3.05, 3.63) is 24.3 Å². The van der Waals surface area contributed by atoms with Gasteiger partial charge in [-0.1, -0.05) is 20.3 Å². The zero-order valence-electron chi connectivity index (χ0n) is 12.2. The summed E-state index contributed by atoms with van der Waals surface area (Å²) in [6.45, 7) is 6.93. The molecule has 0 saturated carbocycles. The normalized spacial score (nSPS) is 12.3. The van der Waals surface area contributed by atoms with Gasteiger partial charge < -0.3 is 15.2 Å². The van der Waals surface area contributed by atoms with Gasteiger partial charge in [0.25, 0.3) is 0 Å². The highest BCUT2D eigenvalue weighted by Gasteiger charge is 1.98. The van der Waals surface area contributed by atoms with Gasteiger partial charge in [-0.3, -0.25) is 0 Å². The van der Waals surface area contributed by atoms with E-state index >= 15 is 0 Å². The Morgan fingerprint density at radius 3 is 2.42 bits per heavy atom. The van der Waals surface area contributed by atoms with Gasteiger partial charge in [-0.05, 0) is 49.4 Å². The van der Waals surface area contributed by atoms with E-state index < -0.39 is 0 Å². The van der Waals surface area contributed by atoms with Gasteiger partial charge in [0.1, 0.15) is 5.75 Å². The number of unbranched alkanes of at least 4 members (excludes halogenated alkanes) is 2. The number of anilines is 1. The minimum absolute atomic E-state index is 0.675. The zero-order chi connectivity index (χ0) is 13.9. The van der Waals surface area contributed by atoms with Gasteiger partial charge in [0.05, 0.1) is 6.61 Å². The average molecular weight is 265 g/mol. The Labute approximate surface area is 117 Å². The quantitative estimate of drug-likeness (QED) is 0.516. The predicted molar refractivity (Wildman–Crippen MR) is 80.5 cm³/mol. The molecule has 0 aliphatic rings. The molecule has 1 atom stereocenters. The van der Waals surface area contributed by atoms with Crippen LogP contribution in [0.1, 0.15) is 39.5 Å². The minimum Gasteiger partial charge on any atom is -0.494 e. The van der Waals surface area contributed by atoms with Gasteiger partial charge in [0.2, 0.25) is 0 Å². The average Bonchev–Trinajstić information content (AvgIpc) is 2.43. The van der Waals surface area contributed by atoms with Crippen LogP contribution in [0.3, 0.4) is 0 Å². The third-order valence-electron chi connectivity index (χ3n) is 3.18. The third-order valence-corrected chi connectivity index (χ3v) is 3.18. The fourth-order valence-corrected chi connectivity index (χ4v) is 1.64. The van der Waals surface area contributed by atoms with Crippen molar-refractivity contribution in [3.63, 3.8) is 0 Å². The van der Waals surface area contributed by atoms with Crippen LogP contribution in [0, 0.1) is 5.92 Å². The van der Waals surface area contributed by atoms with Crippen molar-refractivity contribution >= 4 is 5.69 Å². The maximum Gasteiger partial charge on any atom is 0.119 e. The fraction of sp³-hybridized carbons (Fsp3) is 0.625. The Morgan fingerprint density at radius 1 is 1.05 bits per heavy atom. The second kappa shape index (κ2) is 9.68. The Kier molecular flexibility index (Phi) is 8.07. The molecule has 0 aliphatic heterocycles. The van der Waals surface area contributed by atoms with E-state index in [1.165, 1.54) is 6.42 Å². The van der Waals surface area contributed by atoms with Crippen molar-refractivity contribution in [2.24, 2.45) is 5.92 Å². The summed E-state index contributed by atoms with van der Waals surface area (Å²) in [6, 6.07) is 7.53. The summed E-state index contributed by atoms with van der Waals surface area (Å²) in [5.41, 5.74) is 6.38. The van der Waals surface area contributed by atoms with Crippen LogP contribution in [-0.4, -0.2) is 19.8 Å². The molecular weight excluding hydrogens is 238 g/mol. The molecule has 1 aromatic rings. The second-order valence-corrected chi connectivity index (χ2v) is 5.07. The van der Waals surface area contributed by atoms with Crippen molar-refractivity contribution in [1.29, 1.82) is 0 Å². The summed E-state index contributed by atoms with van der Waals surface area (Å²) in [4.78, 5) is 0. The molecule has 0 spiro atoms. The minimum atomic E-state index is 0.675. The van der Waals surface area contributed by atoms with Crippen LogP contribution in [-0.2, 0) is 4.74 Å². The molecule has 3 nitrogen and oxygen atoms in total. The van der Waals surface area contributed by atoms with Crippen molar-refractivity contribution < 1.29 is 9.47 Å². The Balaban J connectivity index is 1.92. The van der Waals surface area contributed by atoms with E-state index in [2.05, 4.69) is 13.8 Å². The van der Waals surface area contributed by atoms with Gasteiger partial charge in [0, 0.05) is 18.9 Å². The standard InChI is InChI=1S/C16H27NO2/c1-3-14(2)13-18-11-5-4-6-12-19-16-9-7-15(17)8-10-16/h7-10,14H,3-6,11-13,17H2,1-2H3/t14-/m0/s1. The summed E-state index contributed by atoms with van der Waals surface area (Å²) < 4.78 is 11.2. The summed E-state index contributed by atoms with van der Waals surface area (Å²) in [6.07, 6.45) is 4.52. The maximum atomic E-state index is 5.63. The maximum absolute atomic E-state index is 5.63. The number of nitrogen functional groups attached to an aromatic ring is 1. The van der Waals surface area contributed by atoms with E-state index in [0.29, 0.717) is 5.92 Å². The fourth-order valence-electron chi connectivity index (χ4n) is 1.64. The van der Waals surface area contributed by atoms with E-state index in [9.17, 15) is 0 Å². The van der Waals surface area contributed by atoms with Gasteiger partial charge >= 0.3 is 0 Å². The zero-order valence-corrected chi connectivity index (χ0v) is 12.2. The lowest BCUT2D eigenvalue weighted by molar-refractivity contribution is 0.0994. The first-order valence-corrected chi connectivity index (χ1v) is 7.28. The van der Waals surface area contributed by atoms with Gasteiger partial charge in [-0.25, -0.2) is 0 Å². The number of hydrogen-bond acceptors (Lipinski definition) is 3. The lowest BCUT2D eigenvalue weighted by Crippen LogP contribution is -2.06. The molecule has 0 unspecified atom stereocenters. The molecule has 0 amide bonds. The molecule has 0 heterocycles. The molecule has 3 heteroatoms. The molecule has 108 valence electrons. The molecule has 0 aliphatic carbocycles. The van der Waals surface area contributed by atoms with Crippen LogP contribution in [0.4, 0.5) is 5.69 Å². The topological polar surface area (TPSA) is 44.5 Å². The van der Waals surface area contributed by atoms with Crippen LogP contribution in [0.5, 0.6) is 5.75 Å². The van der Waals surface area contributed by atoms with E-state index in [-0.39, 0.29) is 0 Å². The highest BCUT2D eigenvalue weighted by Crippen LogP contribution is 2.13. The van der Waals surface area contributed by atoms with Crippen molar-refractivity contribution in [2.45, 2.75) is 39.5 Å². The molecule has 0 radical (unpaired) electrons. The molecule has 0 saturated heterocycles. The molecular formula is C16H27NO2. The first-order valence-electron chi connectivity index (χ1n) is 7.28. The van der Waals surface area contributed by atoms with Crippen LogP contribution in [0.2, 0.25) is 0 Å². The highest BCUT2D eigenvalue weighted by atomic mass is 16.5. The van der Waals surface area contributed by atoms with Crippen molar-refractivity contribution in [2.75, 3.05) is 25.6 Å². The third kappa shape index (κ3) is 7.73. The Bertz CT molecular complexity index is 324. The molecule has 2 N–H and O–H groups in total. The number of rotatable bonds is 10. The Morgan fingerprint density at radius 2 is 1.74 bits per heavy atom. The first-order chi connectivity index (χ1) is 9.22. The van der Waals surface area contributed by atoms with Crippen LogP contribution < -0.4 is 10.5 Å². The number of benzene rings is 1. The summed E-state index contributed by atoms with van der Waals surface area (Å²) in [5, 5.41) is 0. The molecule has 0 aromatic heterocycles. The van der Waals surface area contributed by atoms with Crippen molar-refractivity contribution in [3.8, 4) is 5.75 Å². The number of hydrogen-bond donors (Lipinski definition) is 1. The van der Waals surface area contributed by atoms with E-state index in [4.69, 9.17) is 15.2 Å². The van der Waals surface area contributed by atoms with Crippen LogP contribution >= 0.6 is 0 Å². The van der Waals surface area contributed by atoms with E-state index in [0.717, 1.165) is 50.5 Å². The molecule has 1 aromatic carbocycles. The van der Waals surface area contributed by atoms with Gasteiger partial charge in [-0.2, -0.15) is 0 Å². The summed E-state index contributed by atoms with van der Waals surface area (Å²) >= 11 is 0. The lowest BCUT2D eigenvalue weighted by atomic mass is 10.1. The van der Waals surface area contributed by atoms with E-state index in [1.54, 1.807) is 0 Å². The van der Waals surface area contributed by atoms with Crippen LogP contribution in [0.15, 0.2) is 24.3 Å². The monoisotopic (exact) mass is 265 g/mol. The van der Waals surface area contributed by atoms with Gasteiger partial charge in [0.15, 0.2) is 0 Å². The summed E-state index contributed by atoms with van der Waals surface area (Å²) in [5.74, 6) is 1.57. The predicted octanol–water partition coefficient (Wildman–Crippen LogP) is 3.88. The SMILES string of the molecule is CC[C@H](C)COCCCCCOc1ccc(N)cc1. The van der Waals surface area contributed by atoms with Crippen molar-refractivity contribution in [1.82, 2.24) is 0 Å². The molecule has 19 heavy (non-hydrogen) atoms.